The molecule has 2 nitrogen and oxygen atoms in total. The van der Waals surface area contributed by atoms with Crippen LogP contribution in [-0.2, 0) is 4.74 Å². The van der Waals surface area contributed by atoms with Gasteiger partial charge in [0.1, 0.15) is 5.60 Å². The molecule has 6 atom stereocenters. The van der Waals surface area contributed by atoms with Gasteiger partial charge in [-0.3, -0.25) is 0 Å². The average molecular weight is 236 g/mol. The summed E-state index contributed by atoms with van der Waals surface area (Å²) in [5.41, 5.74) is -0.167. The monoisotopic (exact) mass is 236 g/mol. The fraction of sp³-hybridized carbons (Fsp3) is 1.00. The first kappa shape index (κ1) is 10.8. The number of ether oxygens (including phenoxy) is 1. The Labute approximate surface area is 104 Å². The smallest absolute Gasteiger partial charge is 0.120 e. The van der Waals surface area contributed by atoms with E-state index in [2.05, 4.69) is 20.8 Å². The fourth-order valence-electron chi connectivity index (χ4n) is 5.58. The molecule has 1 heterocycles. The lowest BCUT2D eigenvalue weighted by Crippen LogP contribution is -2.50. The molecular weight excluding hydrogens is 212 g/mol. The van der Waals surface area contributed by atoms with Crippen LogP contribution in [0.2, 0.25) is 0 Å². The molecule has 2 heteroatoms. The normalized spacial score (nSPS) is 62.8. The Kier molecular flexibility index (Phi) is 1.75. The highest BCUT2D eigenvalue weighted by atomic mass is 16.6. The van der Waals surface area contributed by atoms with Gasteiger partial charge in [-0.05, 0) is 54.8 Å². The van der Waals surface area contributed by atoms with Gasteiger partial charge in [-0.2, -0.15) is 0 Å². The van der Waals surface area contributed by atoms with Crippen LogP contribution in [0.1, 0.15) is 46.5 Å². The molecule has 0 bridgehead atoms. The van der Waals surface area contributed by atoms with Crippen molar-refractivity contribution in [1.82, 2.24) is 0 Å². The van der Waals surface area contributed by atoms with Crippen LogP contribution in [-0.4, -0.2) is 22.9 Å². The van der Waals surface area contributed by atoms with Gasteiger partial charge >= 0.3 is 0 Å². The van der Waals surface area contributed by atoms with Gasteiger partial charge in [-0.1, -0.05) is 20.8 Å². The SMILES string of the molecule is C[C@@H]1CC[C@@]2(O)[C@@H]1[C@@H]1[C@H](CC[C@]23CO3)C1(C)C. The van der Waals surface area contributed by atoms with E-state index in [1.165, 1.54) is 12.8 Å². The molecule has 1 spiro atoms. The number of epoxide rings is 1. The molecule has 96 valence electrons. The van der Waals surface area contributed by atoms with Crippen LogP contribution < -0.4 is 0 Å². The second-order valence-electron chi connectivity index (χ2n) is 7.74. The predicted octanol–water partition coefficient (Wildman–Crippen LogP) is 2.60. The van der Waals surface area contributed by atoms with Crippen LogP contribution in [0.25, 0.3) is 0 Å². The molecule has 0 unspecified atom stereocenters. The van der Waals surface area contributed by atoms with Crippen molar-refractivity contribution < 1.29 is 9.84 Å². The van der Waals surface area contributed by atoms with E-state index >= 15 is 0 Å². The average Bonchev–Trinajstić information content (AvgIpc) is 3.11. The maximum atomic E-state index is 11.3. The lowest BCUT2D eigenvalue weighted by molar-refractivity contribution is -0.0826. The summed E-state index contributed by atoms with van der Waals surface area (Å²) < 4.78 is 5.77. The van der Waals surface area contributed by atoms with Crippen molar-refractivity contribution in [2.45, 2.75) is 57.7 Å². The van der Waals surface area contributed by atoms with Crippen molar-refractivity contribution in [3.05, 3.63) is 0 Å². The minimum atomic E-state index is -0.500. The zero-order valence-electron chi connectivity index (χ0n) is 11.2. The molecule has 1 aliphatic heterocycles. The van der Waals surface area contributed by atoms with Crippen molar-refractivity contribution in [3.8, 4) is 0 Å². The van der Waals surface area contributed by atoms with E-state index in [0.717, 1.165) is 31.3 Å². The summed E-state index contributed by atoms with van der Waals surface area (Å²) in [4.78, 5) is 0. The molecule has 0 aromatic heterocycles. The Hall–Kier alpha value is -0.0800. The van der Waals surface area contributed by atoms with E-state index in [1.807, 2.05) is 0 Å². The first-order chi connectivity index (χ1) is 7.92. The van der Waals surface area contributed by atoms with E-state index in [0.29, 0.717) is 17.3 Å². The molecule has 1 N–H and O–H groups in total. The Balaban J connectivity index is 1.78. The van der Waals surface area contributed by atoms with Gasteiger partial charge in [0.25, 0.3) is 0 Å². The van der Waals surface area contributed by atoms with Crippen LogP contribution >= 0.6 is 0 Å². The summed E-state index contributed by atoms with van der Waals surface area (Å²) >= 11 is 0. The second kappa shape index (κ2) is 2.75. The molecule has 3 aliphatic carbocycles. The first-order valence-electron chi connectivity index (χ1n) is 7.29. The minimum Gasteiger partial charge on any atom is -0.386 e. The maximum absolute atomic E-state index is 11.3. The van der Waals surface area contributed by atoms with E-state index in [-0.39, 0.29) is 5.60 Å². The lowest BCUT2D eigenvalue weighted by atomic mass is 9.72. The molecular formula is C15H24O2. The van der Waals surface area contributed by atoms with Gasteiger partial charge in [0.2, 0.25) is 0 Å². The maximum Gasteiger partial charge on any atom is 0.120 e. The molecule has 1 saturated heterocycles. The van der Waals surface area contributed by atoms with E-state index < -0.39 is 5.60 Å². The Bertz CT molecular complexity index is 371. The number of hydrogen-bond acceptors (Lipinski definition) is 2. The highest BCUT2D eigenvalue weighted by Crippen LogP contribution is 2.73. The standard InChI is InChI=1S/C15H24O2/c1-9-4-7-15(16)11(9)12-10(13(12,2)3)5-6-14(15)8-17-14/h9-12,16H,4-8H2,1-3H3/t9-,10+,11+,12+,14+,15-/m1/s1. The number of aliphatic hydroxyl groups is 1. The van der Waals surface area contributed by atoms with Crippen LogP contribution in [0.15, 0.2) is 0 Å². The summed E-state index contributed by atoms with van der Waals surface area (Å²) in [7, 11) is 0. The summed E-state index contributed by atoms with van der Waals surface area (Å²) in [5, 5.41) is 11.3. The molecule has 4 rings (SSSR count). The van der Waals surface area contributed by atoms with Gasteiger partial charge in [0.15, 0.2) is 0 Å². The van der Waals surface area contributed by atoms with Gasteiger partial charge in [0.05, 0.1) is 12.2 Å². The summed E-state index contributed by atoms with van der Waals surface area (Å²) in [6, 6.07) is 0. The highest BCUT2D eigenvalue weighted by Gasteiger charge is 2.76. The summed E-state index contributed by atoms with van der Waals surface area (Å²) in [6.45, 7) is 7.96. The zero-order valence-corrected chi connectivity index (χ0v) is 11.2. The first-order valence-corrected chi connectivity index (χ1v) is 7.29. The molecule has 4 fully saturated rings. The molecule has 3 saturated carbocycles. The summed E-state index contributed by atoms with van der Waals surface area (Å²) in [5.74, 6) is 2.75. The number of hydrogen-bond donors (Lipinski definition) is 1. The Morgan fingerprint density at radius 1 is 1.12 bits per heavy atom. The quantitative estimate of drug-likeness (QED) is 0.656. The molecule has 17 heavy (non-hydrogen) atoms. The molecule has 0 aromatic carbocycles. The van der Waals surface area contributed by atoms with Crippen LogP contribution in [0, 0.1) is 29.1 Å². The van der Waals surface area contributed by atoms with Crippen LogP contribution in [0.5, 0.6) is 0 Å². The fourth-order valence-corrected chi connectivity index (χ4v) is 5.58. The predicted molar refractivity (Wildman–Crippen MR) is 65.5 cm³/mol. The molecule has 0 aromatic rings. The zero-order chi connectivity index (χ0) is 12.1. The van der Waals surface area contributed by atoms with Crippen LogP contribution in [0.4, 0.5) is 0 Å². The van der Waals surface area contributed by atoms with E-state index in [1.54, 1.807) is 0 Å². The van der Waals surface area contributed by atoms with Gasteiger partial charge in [-0.15, -0.1) is 0 Å². The second-order valence-corrected chi connectivity index (χ2v) is 7.74. The highest BCUT2D eigenvalue weighted by molar-refractivity contribution is 5.25. The van der Waals surface area contributed by atoms with Gasteiger partial charge in [-0.25, -0.2) is 0 Å². The molecule has 0 amide bonds. The van der Waals surface area contributed by atoms with Crippen molar-refractivity contribution in [2.24, 2.45) is 29.1 Å². The van der Waals surface area contributed by atoms with E-state index in [9.17, 15) is 5.11 Å². The van der Waals surface area contributed by atoms with Crippen molar-refractivity contribution in [3.63, 3.8) is 0 Å². The van der Waals surface area contributed by atoms with Crippen molar-refractivity contribution in [2.75, 3.05) is 6.61 Å². The number of fused-ring (bicyclic) bond motifs is 4. The largest absolute Gasteiger partial charge is 0.386 e. The third-order valence-electron chi connectivity index (χ3n) is 6.81. The minimum absolute atomic E-state index is 0.133. The van der Waals surface area contributed by atoms with Gasteiger partial charge < -0.3 is 9.84 Å². The molecule has 4 aliphatic rings. The topological polar surface area (TPSA) is 32.8 Å². The third-order valence-corrected chi connectivity index (χ3v) is 6.81. The molecule has 0 radical (unpaired) electrons. The van der Waals surface area contributed by atoms with Crippen molar-refractivity contribution >= 4 is 0 Å². The Morgan fingerprint density at radius 2 is 1.82 bits per heavy atom. The van der Waals surface area contributed by atoms with Crippen LogP contribution in [0.3, 0.4) is 0 Å². The summed E-state index contributed by atoms with van der Waals surface area (Å²) in [6.07, 6.45) is 4.52. The van der Waals surface area contributed by atoms with Crippen molar-refractivity contribution in [1.29, 1.82) is 0 Å². The van der Waals surface area contributed by atoms with E-state index in [4.69, 9.17) is 4.74 Å². The third kappa shape index (κ3) is 1.06. The Morgan fingerprint density at radius 3 is 2.47 bits per heavy atom. The lowest BCUT2D eigenvalue weighted by Gasteiger charge is -2.37. The van der Waals surface area contributed by atoms with Gasteiger partial charge in [0, 0.05) is 0 Å². The number of rotatable bonds is 0.